The van der Waals surface area contributed by atoms with Crippen LogP contribution in [0, 0.1) is 0 Å². The van der Waals surface area contributed by atoms with Gasteiger partial charge in [0.15, 0.2) is 0 Å². The Hall–Kier alpha value is -1.38. The van der Waals surface area contributed by atoms with Crippen molar-refractivity contribution >= 4 is 34.1 Å². The monoisotopic (exact) mass is 250 g/mol. The second-order valence-corrected chi connectivity index (χ2v) is 3.92. The first-order valence-corrected chi connectivity index (χ1v) is 5.41. The summed E-state index contributed by atoms with van der Waals surface area (Å²) in [5.74, 6) is 0. The summed E-state index contributed by atoms with van der Waals surface area (Å²) in [6.07, 6.45) is 3.34. The van der Waals surface area contributed by atoms with Crippen LogP contribution in [0.25, 0.3) is 0 Å². The first-order valence-electron chi connectivity index (χ1n) is 4.66. The lowest BCUT2D eigenvalue weighted by Crippen LogP contribution is -1.89. The molecule has 0 radical (unpaired) electrons. The molecular weight excluding hydrogens is 243 g/mol. The number of aliphatic imine (C=N–C) groups is 1. The SMILES string of the molecule is ClC(=Nc1cccnc1)c1ccc(Cl)cc1. The average molecular weight is 251 g/mol. The van der Waals surface area contributed by atoms with E-state index in [2.05, 4.69) is 9.98 Å². The Labute approximate surface area is 104 Å². The molecule has 0 atom stereocenters. The van der Waals surface area contributed by atoms with Crippen LogP contribution in [0.2, 0.25) is 5.02 Å². The summed E-state index contributed by atoms with van der Waals surface area (Å²) in [5, 5.41) is 1.10. The highest BCUT2D eigenvalue weighted by Crippen LogP contribution is 2.16. The lowest BCUT2D eigenvalue weighted by Gasteiger charge is -1.98. The number of hydrogen-bond donors (Lipinski definition) is 0. The predicted octanol–water partition coefficient (Wildman–Crippen LogP) is 4.05. The summed E-state index contributed by atoms with van der Waals surface area (Å²) in [5.41, 5.74) is 1.55. The maximum absolute atomic E-state index is 6.07. The van der Waals surface area contributed by atoms with E-state index in [1.165, 1.54) is 0 Å². The van der Waals surface area contributed by atoms with Gasteiger partial charge >= 0.3 is 0 Å². The summed E-state index contributed by atoms with van der Waals surface area (Å²) < 4.78 is 0. The highest BCUT2D eigenvalue weighted by molar-refractivity contribution is 6.69. The Kier molecular flexibility index (Phi) is 3.54. The highest BCUT2D eigenvalue weighted by atomic mass is 35.5. The van der Waals surface area contributed by atoms with Gasteiger partial charge in [-0.2, -0.15) is 0 Å². The predicted molar refractivity (Wildman–Crippen MR) is 67.7 cm³/mol. The van der Waals surface area contributed by atoms with E-state index in [1.807, 2.05) is 24.3 Å². The van der Waals surface area contributed by atoms with Crippen molar-refractivity contribution in [2.75, 3.05) is 0 Å². The first kappa shape index (κ1) is 11.1. The van der Waals surface area contributed by atoms with Gasteiger partial charge in [-0.25, -0.2) is 4.99 Å². The minimum atomic E-state index is 0.421. The van der Waals surface area contributed by atoms with E-state index in [9.17, 15) is 0 Å². The van der Waals surface area contributed by atoms with Crippen LogP contribution in [0.3, 0.4) is 0 Å². The molecule has 0 bridgehead atoms. The van der Waals surface area contributed by atoms with Crippen molar-refractivity contribution in [2.24, 2.45) is 4.99 Å². The fourth-order valence-electron chi connectivity index (χ4n) is 1.19. The van der Waals surface area contributed by atoms with Gasteiger partial charge in [0.2, 0.25) is 0 Å². The molecule has 2 nitrogen and oxygen atoms in total. The van der Waals surface area contributed by atoms with Gasteiger partial charge in [-0.15, -0.1) is 0 Å². The van der Waals surface area contributed by atoms with Gasteiger partial charge in [-0.3, -0.25) is 4.98 Å². The molecule has 4 heteroatoms. The van der Waals surface area contributed by atoms with Crippen LogP contribution >= 0.6 is 23.2 Å². The molecule has 0 spiro atoms. The first-order chi connectivity index (χ1) is 7.75. The molecule has 1 aromatic heterocycles. The normalized spacial score (nSPS) is 11.5. The van der Waals surface area contributed by atoms with Gasteiger partial charge in [0, 0.05) is 16.8 Å². The van der Waals surface area contributed by atoms with Gasteiger partial charge < -0.3 is 0 Å². The Balaban J connectivity index is 2.28. The number of nitrogens with zero attached hydrogens (tertiary/aromatic N) is 2. The smallest absolute Gasteiger partial charge is 0.137 e. The largest absolute Gasteiger partial charge is 0.262 e. The summed E-state index contributed by atoms with van der Waals surface area (Å²) in [7, 11) is 0. The van der Waals surface area contributed by atoms with E-state index < -0.39 is 0 Å². The van der Waals surface area contributed by atoms with E-state index in [4.69, 9.17) is 23.2 Å². The molecule has 0 aliphatic carbocycles. The quantitative estimate of drug-likeness (QED) is 0.739. The highest BCUT2D eigenvalue weighted by Gasteiger charge is 1.99. The van der Waals surface area contributed by atoms with Crippen LogP contribution in [0.15, 0.2) is 53.8 Å². The van der Waals surface area contributed by atoms with Crippen molar-refractivity contribution < 1.29 is 0 Å². The van der Waals surface area contributed by atoms with Crippen LogP contribution in [-0.4, -0.2) is 10.2 Å². The molecule has 0 fully saturated rings. The summed E-state index contributed by atoms with van der Waals surface area (Å²) in [6.45, 7) is 0. The molecule has 80 valence electrons. The van der Waals surface area contributed by atoms with Crippen molar-refractivity contribution in [3.8, 4) is 0 Å². The summed E-state index contributed by atoms with van der Waals surface area (Å²) >= 11 is 11.9. The maximum Gasteiger partial charge on any atom is 0.137 e. The van der Waals surface area contributed by atoms with Crippen molar-refractivity contribution in [1.82, 2.24) is 4.98 Å². The van der Waals surface area contributed by atoms with E-state index in [-0.39, 0.29) is 0 Å². The summed E-state index contributed by atoms with van der Waals surface area (Å²) in [4.78, 5) is 8.19. The van der Waals surface area contributed by atoms with Crippen molar-refractivity contribution in [1.29, 1.82) is 0 Å². The zero-order valence-electron chi connectivity index (χ0n) is 8.27. The standard InChI is InChI=1S/C12H8Cl2N2/c13-10-5-3-9(4-6-10)12(14)16-11-2-1-7-15-8-11/h1-8H. The van der Waals surface area contributed by atoms with Crippen LogP contribution < -0.4 is 0 Å². The third kappa shape index (κ3) is 2.81. The molecule has 16 heavy (non-hydrogen) atoms. The Morgan fingerprint density at radius 3 is 2.50 bits per heavy atom. The Morgan fingerprint density at radius 1 is 1.12 bits per heavy atom. The number of halogens is 2. The number of aromatic nitrogens is 1. The molecule has 0 amide bonds. The zero-order chi connectivity index (χ0) is 11.4. The van der Waals surface area contributed by atoms with Crippen LogP contribution in [-0.2, 0) is 0 Å². The molecule has 0 aliphatic rings. The van der Waals surface area contributed by atoms with Gasteiger partial charge in [-0.05, 0) is 24.3 Å². The van der Waals surface area contributed by atoms with Crippen molar-refractivity contribution in [3.05, 3.63) is 59.4 Å². The van der Waals surface area contributed by atoms with E-state index in [1.54, 1.807) is 24.5 Å². The van der Waals surface area contributed by atoms with Gasteiger partial charge in [0.05, 0.1) is 11.9 Å². The number of benzene rings is 1. The molecular formula is C12H8Cl2N2. The van der Waals surface area contributed by atoms with E-state index in [0.717, 1.165) is 11.3 Å². The summed E-state index contributed by atoms with van der Waals surface area (Å²) in [6, 6.07) is 10.8. The number of hydrogen-bond acceptors (Lipinski definition) is 2. The van der Waals surface area contributed by atoms with E-state index >= 15 is 0 Å². The lowest BCUT2D eigenvalue weighted by molar-refractivity contribution is 1.31. The van der Waals surface area contributed by atoms with Crippen LogP contribution in [0.5, 0.6) is 0 Å². The topological polar surface area (TPSA) is 25.2 Å². The Morgan fingerprint density at radius 2 is 1.88 bits per heavy atom. The maximum atomic E-state index is 6.07. The second kappa shape index (κ2) is 5.10. The minimum absolute atomic E-state index is 0.421. The molecule has 2 rings (SSSR count). The van der Waals surface area contributed by atoms with Crippen LogP contribution in [0.1, 0.15) is 5.56 Å². The van der Waals surface area contributed by atoms with Crippen LogP contribution in [0.4, 0.5) is 5.69 Å². The van der Waals surface area contributed by atoms with Gasteiger partial charge in [0.1, 0.15) is 5.17 Å². The fraction of sp³-hybridized carbons (Fsp3) is 0. The lowest BCUT2D eigenvalue weighted by atomic mass is 10.2. The molecule has 0 unspecified atom stereocenters. The van der Waals surface area contributed by atoms with Crippen molar-refractivity contribution in [3.63, 3.8) is 0 Å². The fourth-order valence-corrected chi connectivity index (χ4v) is 1.53. The van der Waals surface area contributed by atoms with Crippen molar-refractivity contribution in [2.45, 2.75) is 0 Å². The molecule has 1 aromatic carbocycles. The molecule has 0 saturated carbocycles. The molecule has 2 aromatic rings. The third-order valence-electron chi connectivity index (χ3n) is 1.96. The van der Waals surface area contributed by atoms with Gasteiger partial charge in [0.25, 0.3) is 0 Å². The molecule has 0 aliphatic heterocycles. The number of rotatable bonds is 2. The average Bonchev–Trinajstić information content (AvgIpc) is 2.31. The minimum Gasteiger partial charge on any atom is -0.262 e. The van der Waals surface area contributed by atoms with E-state index in [0.29, 0.717) is 10.2 Å². The third-order valence-corrected chi connectivity index (χ3v) is 2.51. The molecule has 1 heterocycles. The van der Waals surface area contributed by atoms with Gasteiger partial charge in [-0.1, -0.05) is 35.3 Å². The molecule has 0 N–H and O–H groups in total. The number of pyridine rings is 1. The molecule has 0 saturated heterocycles. The zero-order valence-corrected chi connectivity index (χ0v) is 9.78. The Bertz CT molecular complexity index is 492. The second-order valence-electron chi connectivity index (χ2n) is 3.12.